The molecule has 0 saturated carbocycles. The molecule has 122 valence electrons. The van der Waals surface area contributed by atoms with E-state index in [1.165, 1.54) is 12.8 Å². The van der Waals surface area contributed by atoms with Crippen LogP contribution in [0.4, 0.5) is 22.0 Å². The first kappa shape index (κ1) is 15.5. The van der Waals surface area contributed by atoms with E-state index in [9.17, 15) is 4.39 Å². The molecule has 23 heavy (non-hydrogen) atoms. The second kappa shape index (κ2) is 6.76. The summed E-state index contributed by atoms with van der Waals surface area (Å²) >= 11 is 0. The van der Waals surface area contributed by atoms with Crippen molar-refractivity contribution in [2.24, 2.45) is 0 Å². The Kier molecular flexibility index (Phi) is 4.55. The Balaban J connectivity index is 1.72. The third-order valence-corrected chi connectivity index (χ3v) is 3.86. The van der Waals surface area contributed by atoms with Gasteiger partial charge in [0.1, 0.15) is 5.82 Å². The number of aryl methyl sites for hydroxylation is 1. The maximum atomic E-state index is 13.4. The summed E-state index contributed by atoms with van der Waals surface area (Å²) in [4.78, 5) is 15.0. The van der Waals surface area contributed by atoms with Gasteiger partial charge in [0.25, 0.3) is 0 Å². The lowest BCUT2D eigenvalue weighted by atomic mass is 10.2. The molecule has 1 saturated heterocycles. The van der Waals surface area contributed by atoms with Crippen LogP contribution < -0.4 is 15.5 Å². The molecule has 0 amide bonds. The molecule has 0 atom stereocenters. The summed E-state index contributed by atoms with van der Waals surface area (Å²) in [6.07, 6.45) is 3.60. The Bertz CT molecular complexity index is 684. The van der Waals surface area contributed by atoms with E-state index in [1.54, 1.807) is 7.05 Å². The Hall–Kier alpha value is -2.44. The molecule has 0 spiro atoms. The van der Waals surface area contributed by atoms with Gasteiger partial charge >= 0.3 is 0 Å². The number of nitrogens with one attached hydrogen (secondary N) is 2. The van der Waals surface area contributed by atoms with Crippen LogP contribution in [0.25, 0.3) is 0 Å². The number of aromatic nitrogens is 3. The SMILES string of the molecule is CNc1nc(NCc2cc(C)nc(N3CCCC3)c2)ncc1F. The molecule has 6 nitrogen and oxygen atoms in total. The highest BCUT2D eigenvalue weighted by molar-refractivity contribution is 5.45. The number of hydrogen-bond acceptors (Lipinski definition) is 6. The van der Waals surface area contributed by atoms with Gasteiger partial charge in [-0.15, -0.1) is 0 Å². The minimum atomic E-state index is -0.464. The van der Waals surface area contributed by atoms with E-state index in [0.29, 0.717) is 12.5 Å². The van der Waals surface area contributed by atoms with Crippen molar-refractivity contribution in [3.8, 4) is 0 Å². The van der Waals surface area contributed by atoms with Gasteiger partial charge in [0.2, 0.25) is 5.95 Å². The fourth-order valence-electron chi connectivity index (χ4n) is 2.74. The highest BCUT2D eigenvalue weighted by atomic mass is 19.1. The predicted molar refractivity (Wildman–Crippen MR) is 89.3 cm³/mol. The molecule has 1 aliphatic heterocycles. The number of rotatable bonds is 5. The number of pyridine rings is 1. The highest BCUT2D eigenvalue weighted by Crippen LogP contribution is 2.20. The van der Waals surface area contributed by atoms with Crippen molar-refractivity contribution in [1.82, 2.24) is 15.0 Å². The fraction of sp³-hybridized carbons (Fsp3) is 0.438. The van der Waals surface area contributed by atoms with E-state index >= 15 is 0 Å². The summed E-state index contributed by atoms with van der Waals surface area (Å²) in [5.74, 6) is 1.14. The summed E-state index contributed by atoms with van der Waals surface area (Å²) in [6, 6.07) is 4.13. The molecule has 0 unspecified atom stereocenters. The van der Waals surface area contributed by atoms with Crippen molar-refractivity contribution in [2.75, 3.05) is 35.7 Å². The molecule has 2 aromatic heterocycles. The molecule has 0 radical (unpaired) electrons. The molecular weight excluding hydrogens is 295 g/mol. The standard InChI is InChI=1S/C16H21FN6/c1-11-7-12(8-14(21-11)23-5-3-4-6-23)9-19-16-20-10-13(17)15(18-2)22-16/h7-8,10H,3-6,9H2,1-2H3,(H2,18,19,20,22). The molecule has 0 bridgehead atoms. The summed E-state index contributed by atoms with van der Waals surface area (Å²) in [7, 11) is 1.63. The summed E-state index contributed by atoms with van der Waals surface area (Å²) in [5, 5.41) is 5.84. The first-order valence-corrected chi connectivity index (χ1v) is 7.82. The molecule has 1 aliphatic rings. The second-order valence-corrected chi connectivity index (χ2v) is 5.66. The van der Waals surface area contributed by atoms with Crippen LogP contribution in [0.1, 0.15) is 24.1 Å². The van der Waals surface area contributed by atoms with Gasteiger partial charge in [-0.25, -0.2) is 14.4 Å². The Morgan fingerprint density at radius 1 is 1.22 bits per heavy atom. The van der Waals surface area contributed by atoms with Crippen LogP contribution in [0.15, 0.2) is 18.3 Å². The van der Waals surface area contributed by atoms with Crippen LogP contribution in [0.2, 0.25) is 0 Å². The van der Waals surface area contributed by atoms with Crippen LogP contribution in [0.5, 0.6) is 0 Å². The van der Waals surface area contributed by atoms with Crippen LogP contribution >= 0.6 is 0 Å². The van der Waals surface area contributed by atoms with E-state index in [4.69, 9.17) is 0 Å². The van der Waals surface area contributed by atoms with Crippen molar-refractivity contribution < 1.29 is 4.39 Å². The lowest BCUT2D eigenvalue weighted by molar-refractivity contribution is 0.618. The van der Waals surface area contributed by atoms with Crippen molar-refractivity contribution in [3.63, 3.8) is 0 Å². The molecular formula is C16H21FN6. The molecule has 0 aromatic carbocycles. The molecule has 2 N–H and O–H groups in total. The van der Waals surface area contributed by atoms with E-state index in [0.717, 1.165) is 36.4 Å². The molecule has 1 fully saturated rings. The largest absolute Gasteiger partial charge is 0.371 e. The van der Waals surface area contributed by atoms with Gasteiger partial charge in [-0.1, -0.05) is 0 Å². The van der Waals surface area contributed by atoms with Crippen molar-refractivity contribution in [3.05, 3.63) is 35.4 Å². The lowest BCUT2D eigenvalue weighted by Gasteiger charge is -2.18. The van der Waals surface area contributed by atoms with Gasteiger partial charge in [0, 0.05) is 32.4 Å². The van der Waals surface area contributed by atoms with E-state index < -0.39 is 5.82 Å². The normalized spacial score (nSPS) is 14.1. The fourth-order valence-corrected chi connectivity index (χ4v) is 2.74. The zero-order valence-corrected chi connectivity index (χ0v) is 13.4. The Morgan fingerprint density at radius 2 is 2.00 bits per heavy atom. The topological polar surface area (TPSA) is 66.0 Å². The monoisotopic (exact) mass is 316 g/mol. The van der Waals surface area contributed by atoms with Crippen LogP contribution in [0.3, 0.4) is 0 Å². The van der Waals surface area contributed by atoms with Crippen LogP contribution in [0, 0.1) is 12.7 Å². The number of nitrogens with zero attached hydrogens (tertiary/aromatic N) is 4. The maximum absolute atomic E-state index is 13.4. The second-order valence-electron chi connectivity index (χ2n) is 5.66. The first-order valence-electron chi connectivity index (χ1n) is 7.82. The molecule has 3 heterocycles. The smallest absolute Gasteiger partial charge is 0.225 e. The minimum absolute atomic E-state index is 0.186. The summed E-state index contributed by atoms with van der Waals surface area (Å²) in [6.45, 7) is 4.70. The summed E-state index contributed by atoms with van der Waals surface area (Å²) in [5.41, 5.74) is 2.10. The van der Waals surface area contributed by atoms with Crippen LogP contribution in [-0.2, 0) is 6.54 Å². The van der Waals surface area contributed by atoms with Gasteiger partial charge in [-0.3, -0.25) is 0 Å². The van der Waals surface area contributed by atoms with E-state index in [2.05, 4.69) is 36.6 Å². The van der Waals surface area contributed by atoms with Crippen molar-refractivity contribution in [1.29, 1.82) is 0 Å². The molecule has 0 aliphatic carbocycles. The average Bonchev–Trinajstić information content (AvgIpc) is 3.08. The van der Waals surface area contributed by atoms with Crippen molar-refractivity contribution in [2.45, 2.75) is 26.3 Å². The molecule has 3 rings (SSSR count). The van der Waals surface area contributed by atoms with Gasteiger partial charge in [-0.2, -0.15) is 4.98 Å². The minimum Gasteiger partial charge on any atom is -0.371 e. The van der Waals surface area contributed by atoms with E-state index in [-0.39, 0.29) is 5.82 Å². The third-order valence-electron chi connectivity index (χ3n) is 3.86. The quantitative estimate of drug-likeness (QED) is 0.884. The Labute approximate surface area is 135 Å². The molecule has 2 aromatic rings. The summed E-state index contributed by atoms with van der Waals surface area (Å²) < 4.78 is 13.4. The van der Waals surface area contributed by atoms with Gasteiger partial charge in [-0.05, 0) is 37.5 Å². The first-order chi connectivity index (χ1) is 11.2. The zero-order chi connectivity index (χ0) is 16.2. The van der Waals surface area contributed by atoms with E-state index in [1.807, 2.05) is 13.0 Å². The maximum Gasteiger partial charge on any atom is 0.225 e. The van der Waals surface area contributed by atoms with Crippen LogP contribution in [-0.4, -0.2) is 35.1 Å². The van der Waals surface area contributed by atoms with Crippen molar-refractivity contribution >= 4 is 17.6 Å². The third kappa shape index (κ3) is 3.67. The average molecular weight is 316 g/mol. The predicted octanol–water partition coefficient (Wildman–Crippen LogP) is 2.57. The number of halogens is 1. The lowest BCUT2D eigenvalue weighted by Crippen LogP contribution is -2.19. The molecule has 7 heteroatoms. The van der Waals surface area contributed by atoms with Gasteiger partial charge < -0.3 is 15.5 Å². The number of anilines is 3. The zero-order valence-electron chi connectivity index (χ0n) is 13.4. The Morgan fingerprint density at radius 3 is 2.74 bits per heavy atom. The highest BCUT2D eigenvalue weighted by Gasteiger charge is 2.14. The van der Waals surface area contributed by atoms with Gasteiger partial charge in [0.15, 0.2) is 11.6 Å². The van der Waals surface area contributed by atoms with Gasteiger partial charge in [0.05, 0.1) is 6.20 Å². The number of hydrogen-bond donors (Lipinski definition) is 2.